The van der Waals surface area contributed by atoms with Gasteiger partial charge in [0.2, 0.25) is 5.13 Å². The first-order valence-electron chi connectivity index (χ1n) is 8.88. The Balaban J connectivity index is 1.62. The highest BCUT2D eigenvalue weighted by molar-refractivity contribution is 7.22. The molecular formula is C21H14N6OS. The molecule has 0 saturated heterocycles. The Labute approximate surface area is 168 Å². The van der Waals surface area contributed by atoms with Gasteiger partial charge in [-0.2, -0.15) is 5.26 Å². The summed E-state index contributed by atoms with van der Waals surface area (Å²) in [5.74, 6) is 0. The van der Waals surface area contributed by atoms with E-state index in [-0.39, 0.29) is 5.56 Å². The maximum atomic E-state index is 13.2. The Morgan fingerprint density at radius 3 is 2.66 bits per heavy atom. The number of pyridine rings is 1. The van der Waals surface area contributed by atoms with E-state index in [9.17, 15) is 10.1 Å². The normalized spacial score (nSPS) is 11.9. The van der Waals surface area contributed by atoms with Gasteiger partial charge in [0.1, 0.15) is 6.07 Å². The molecule has 2 aromatic carbocycles. The summed E-state index contributed by atoms with van der Waals surface area (Å²) in [6.45, 7) is 1.75. The molecule has 0 radical (unpaired) electrons. The molecule has 7 nitrogen and oxygen atoms in total. The van der Waals surface area contributed by atoms with E-state index in [4.69, 9.17) is 0 Å². The van der Waals surface area contributed by atoms with Crippen LogP contribution in [-0.2, 0) is 0 Å². The standard InChI is InChI=1S/C21H14N6OS/c1-12-13(10-22)19-24-15-6-2-4-8-17(15)27(19)20(28)14(12)11-23-26-21-25-16-7-3-5-9-18(16)29-21/h2-9,11,23H,1H3,(H,25,26). The number of fused-ring (bicyclic) bond motifs is 4. The van der Waals surface area contributed by atoms with Gasteiger partial charge in [0.05, 0.1) is 32.0 Å². The van der Waals surface area contributed by atoms with Gasteiger partial charge in [-0.05, 0) is 36.8 Å². The van der Waals surface area contributed by atoms with E-state index in [2.05, 4.69) is 26.9 Å². The molecule has 8 heteroatoms. The smallest absolute Gasteiger partial charge is 0.265 e. The van der Waals surface area contributed by atoms with Crippen molar-refractivity contribution in [1.82, 2.24) is 19.8 Å². The summed E-state index contributed by atoms with van der Waals surface area (Å²) in [6.07, 6.45) is 1.57. The highest BCUT2D eigenvalue weighted by Crippen LogP contribution is 2.24. The summed E-state index contributed by atoms with van der Waals surface area (Å²) in [5.41, 5.74) is 9.33. The average molecular weight is 398 g/mol. The molecule has 0 fully saturated rings. The molecule has 140 valence electrons. The molecule has 3 aromatic heterocycles. The van der Waals surface area contributed by atoms with Crippen molar-refractivity contribution in [3.05, 3.63) is 75.2 Å². The fourth-order valence-corrected chi connectivity index (χ4v) is 4.21. The van der Waals surface area contributed by atoms with Gasteiger partial charge in [-0.3, -0.25) is 14.6 Å². The van der Waals surface area contributed by atoms with Crippen LogP contribution in [-0.4, -0.2) is 14.4 Å². The summed E-state index contributed by atoms with van der Waals surface area (Å²) in [7, 11) is 0. The number of hydrogen-bond acceptors (Lipinski definition) is 7. The number of hydrogen-bond donors (Lipinski definition) is 2. The van der Waals surface area contributed by atoms with E-state index in [1.165, 1.54) is 15.7 Å². The average Bonchev–Trinajstić information content (AvgIpc) is 3.31. The lowest BCUT2D eigenvalue weighted by Crippen LogP contribution is -2.36. The Morgan fingerprint density at radius 2 is 1.86 bits per heavy atom. The maximum Gasteiger partial charge on any atom is 0.265 e. The van der Waals surface area contributed by atoms with E-state index < -0.39 is 0 Å². The molecule has 0 aliphatic rings. The molecular weight excluding hydrogens is 384 g/mol. The number of thiazole rings is 1. The fourth-order valence-electron chi connectivity index (χ4n) is 3.38. The Bertz CT molecular complexity index is 1530. The molecule has 0 spiro atoms. The molecule has 0 aliphatic carbocycles. The molecule has 0 saturated carbocycles. The minimum Gasteiger partial charge on any atom is -0.305 e. The number of aromatic nitrogens is 3. The number of nitrogens with one attached hydrogen (secondary N) is 2. The van der Waals surface area contributed by atoms with Crippen LogP contribution in [0.25, 0.3) is 33.1 Å². The van der Waals surface area contributed by atoms with Gasteiger partial charge in [0.25, 0.3) is 5.56 Å². The highest BCUT2D eigenvalue weighted by Gasteiger charge is 2.15. The van der Waals surface area contributed by atoms with Crippen LogP contribution < -0.4 is 21.6 Å². The summed E-state index contributed by atoms with van der Waals surface area (Å²) in [6, 6.07) is 17.4. The van der Waals surface area contributed by atoms with Crippen molar-refractivity contribution in [1.29, 1.82) is 5.26 Å². The maximum absolute atomic E-state index is 13.2. The zero-order valence-corrected chi connectivity index (χ0v) is 16.1. The first-order chi connectivity index (χ1) is 14.2. The number of rotatable bonds is 3. The molecule has 0 aliphatic heterocycles. The van der Waals surface area contributed by atoms with Crippen molar-refractivity contribution < 1.29 is 0 Å². The molecule has 0 atom stereocenters. The summed E-state index contributed by atoms with van der Waals surface area (Å²) < 4.78 is 2.56. The lowest BCUT2D eigenvalue weighted by Gasteiger charge is -2.04. The topological polar surface area (TPSA) is 95.1 Å². The van der Waals surface area contributed by atoms with Gasteiger partial charge >= 0.3 is 0 Å². The van der Waals surface area contributed by atoms with Gasteiger partial charge in [-0.25, -0.2) is 9.97 Å². The summed E-state index contributed by atoms with van der Waals surface area (Å²) in [4.78, 5) is 22.1. The number of para-hydroxylation sites is 3. The van der Waals surface area contributed by atoms with Gasteiger partial charge in [-0.1, -0.05) is 35.6 Å². The number of anilines is 1. The van der Waals surface area contributed by atoms with Crippen LogP contribution in [0.15, 0.2) is 53.3 Å². The SMILES string of the molecule is Cc1c(C#N)c2nc3ccccc3n2c(=O)c1=CNNc1nc2ccccc2s1. The lowest BCUT2D eigenvalue weighted by atomic mass is 10.1. The van der Waals surface area contributed by atoms with E-state index in [0.717, 1.165) is 10.2 Å². The predicted octanol–water partition coefficient (Wildman–Crippen LogP) is 2.71. The van der Waals surface area contributed by atoms with Crippen LogP contribution in [0.2, 0.25) is 0 Å². The third-order valence-electron chi connectivity index (χ3n) is 4.80. The Kier molecular flexibility index (Phi) is 3.89. The van der Waals surface area contributed by atoms with Crippen molar-refractivity contribution in [2.45, 2.75) is 6.92 Å². The number of imidazole rings is 1. The molecule has 29 heavy (non-hydrogen) atoms. The Hall–Kier alpha value is -3.96. The number of nitrogens with zero attached hydrogens (tertiary/aromatic N) is 4. The second kappa shape index (κ2) is 6.58. The first kappa shape index (κ1) is 17.2. The van der Waals surface area contributed by atoms with Crippen molar-refractivity contribution in [3.8, 4) is 6.07 Å². The van der Waals surface area contributed by atoms with Crippen LogP contribution in [0, 0.1) is 18.3 Å². The number of nitriles is 1. The molecule has 5 rings (SSSR count). The van der Waals surface area contributed by atoms with Gasteiger partial charge in [0.15, 0.2) is 5.65 Å². The van der Waals surface area contributed by atoms with Crippen LogP contribution in [0.3, 0.4) is 0 Å². The largest absolute Gasteiger partial charge is 0.305 e. The van der Waals surface area contributed by atoms with E-state index in [1.54, 1.807) is 13.1 Å². The monoisotopic (exact) mass is 398 g/mol. The minimum absolute atomic E-state index is 0.233. The molecule has 2 N–H and O–H groups in total. The van der Waals surface area contributed by atoms with E-state index >= 15 is 0 Å². The predicted molar refractivity (Wildman–Crippen MR) is 114 cm³/mol. The van der Waals surface area contributed by atoms with Crippen molar-refractivity contribution >= 4 is 49.6 Å². The van der Waals surface area contributed by atoms with Crippen LogP contribution in [0.1, 0.15) is 11.1 Å². The van der Waals surface area contributed by atoms with E-state index in [1.807, 2.05) is 48.5 Å². The molecule has 0 bridgehead atoms. The molecule has 5 aromatic rings. The first-order valence-corrected chi connectivity index (χ1v) is 9.70. The molecule has 0 unspecified atom stereocenters. The quantitative estimate of drug-likeness (QED) is 0.454. The van der Waals surface area contributed by atoms with E-state index in [0.29, 0.717) is 38.2 Å². The minimum atomic E-state index is -0.233. The van der Waals surface area contributed by atoms with Gasteiger partial charge in [-0.15, -0.1) is 0 Å². The molecule has 3 heterocycles. The zero-order valence-electron chi connectivity index (χ0n) is 15.3. The second-order valence-electron chi connectivity index (χ2n) is 6.49. The summed E-state index contributed by atoms with van der Waals surface area (Å²) >= 11 is 1.50. The van der Waals surface area contributed by atoms with Gasteiger partial charge in [0, 0.05) is 6.20 Å². The van der Waals surface area contributed by atoms with Crippen LogP contribution in [0.5, 0.6) is 0 Å². The van der Waals surface area contributed by atoms with Crippen molar-refractivity contribution in [3.63, 3.8) is 0 Å². The second-order valence-corrected chi connectivity index (χ2v) is 7.52. The van der Waals surface area contributed by atoms with Crippen LogP contribution >= 0.6 is 11.3 Å². The van der Waals surface area contributed by atoms with Crippen molar-refractivity contribution in [2.24, 2.45) is 0 Å². The lowest BCUT2D eigenvalue weighted by molar-refractivity contribution is 1.06. The van der Waals surface area contributed by atoms with Gasteiger partial charge < -0.3 is 5.43 Å². The Morgan fingerprint density at radius 1 is 1.10 bits per heavy atom. The number of benzene rings is 2. The fraction of sp³-hybridized carbons (Fsp3) is 0.0476. The molecule has 0 amide bonds. The highest BCUT2D eigenvalue weighted by atomic mass is 32.1. The number of hydrazine groups is 1. The van der Waals surface area contributed by atoms with Crippen LogP contribution in [0.4, 0.5) is 5.13 Å². The third kappa shape index (κ3) is 2.68. The van der Waals surface area contributed by atoms with Crippen molar-refractivity contribution in [2.75, 3.05) is 5.43 Å². The third-order valence-corrected chi connectivity index (χ3v) is 5.75. The zero-order chi connectivity index (χ0) is 20.0. The summed E-state index contributed by atoms with van der Waals surface area (Å²) in [5, 5.41) is 10.8.